The molecular weight excluding hydrogens is 240 g/mol. The van der Waals surface area contributed by atoms with Crippen LogP contribution in [0, 0.1) is 5.92 Å². The first-order valence-electron chi connectivity index (χ1n) is 6.84. The number of carbonyl (C=O) groups is 1. The number of nitrogens with two attached hydrogens (primary N) is 1. The predicted octanol–water partition coefficient (Wildman–Crippen LogP) is 2.25. The maximum absolute atomic E-state index is 11.0. The zero-order valence-corrected chi connectivity index (χ0v) is 12.0. The van der Waals surface area contributed by atoms with Crippen LogP contribution in [-0.4, -0.2) is 19.1 Å². The number of para-hydroxylation sites is 1. The number of hydrogen-bond donors (Lipinski definition) is 2. The van der Waals surface area contributed by atoms with Crippen molar-refractivity contribution in [1.82, 2.24) is 5.32 Å². The fourth-order valence-electron chi connectivity index (χ4n) is 1.92. The summed E-state index contributed by atoms with van der Waals surface area (Å²) in [6.45, 7) is 7.21. The van der Waals surface area contributed by atoms with E-state index >= 15 is 0 Å². The Morgan fingerprint density at radius 2 is 2.05 bits per heavy atom. The van der Waals surface area contributed by atoms with E-state index in [0.717, 1.165) is 24.3 Å². The predicted molar refractivity (Wildman–Crippen MR) is 77.0 cm³/mol. The summed E-state index contributed by atoms with van der Waals surface area (Å²) >= 11 is 0. The maximum Gasteiger partial charge on any atom is 0.223 e. The third-order valence-electron chi connectivity index (χ3n) is 3.13. The molecule has 19 heavy (non-hydrogen) atoms. The molecule has 0 aromatic heterocycles. The van der Waals surface area contributed by atoms with Crippen molar-refractivity contribution in [2.45, 2.75) is 33.2 Å². The molecular formula is C15H24N2O2. The van der Waals surface area contributed by atoms with Crippen LogP contribution >= 0.6 is 0 Å². The molecule has 0 bridgehead atoms. The molecule has 3 N–H and O–H groups in total. The quantitative estimate of drug-likeness (QED) is 0.757. The highest BCUT2D eigenvalue weighted by Gasteiger charge is 2.15. The summed E-state index contributed by atoms with van der Waals surface area (Å²) in [5.41, 5.74) is 6.37. The van der Waals surface area contributed by atoms with Crippen LogP contribution in [-0.2, 0) is 4.79 Å². The molecule has 0 spiro atoms. The zero-order chi connectivity index (χ0) is 14.3. The van der Waals surface area contributed by atoms with Gasteiger partial charge < -0.3 is 15.8 Å². The molecule has 4 heteroatoms. The molecule has 0 aliphatic carbocycles. The molecule has 2 atom stereocenters. The first-order chi connectivity index (χ1) is 9.10. The largest absolute Gasteiger partial charge is 0.492 e. The zero-order valence-electron chi connectivity index (χ0n) is 12.0. The summed E-state index contributed by atoms with van der Waals surface area (Å²) < 4.78 is 5.75. The Balaban J connectivity index is 2.80. The van der Waals surface area contributed by atoms with Gasteiger partial charge in [-0.3, -0.25) is 4.79 Å². The highest BCUT2D eigenvalue weighted by Crippen LogP contribution is 2.27. The van der Waals surface area contributed by atoms with Gasteiger partial charge in [0, 0.05) is 11.6 Å². The highest BCUT2D eigenvalue weighted by atomic mass is 16.5. The van der Waals surface area contributed by atoms with Gasteiger partial charge in [0.2, 0.25) is 5.91 Å². The van der Waals surface area contributed by atoms with Crippen molar-refractivity contribution in [2.75, 3.05) is 13.2 Å². The number of ether oxygens (including phenoxy) is 1. The fraction of sp³-hybridized carbons (Fsp3) is 0.533. The van der Waals surface area contributed by atoms with Crippen molar-refractivity contribution < 1.29 is 9.53 Å². The first-order valence-corrected chi connectivity index (χ1v) is 6.84. The lowest BCUT2D eigenvalue weighted by atomic mass is 10.0. The molecule has 0 saturated heterocycles. The van der Waals surface area contributed by atoms with Crippen LogP contribution in [0.3, 0.4) is 0 Å². The van der Waals surface area contributed by atoms with E-state index < -0.39 is 0 Å². The molecule has 0 fully saturated rings. The van der Waals surface area contributed by atoms with Gasteiger partial charge >= 0.3 is 0 Å². The Labute approximate surface area is 115 Å². The third kappa shape index (κ3) is 4.56. The number of rotatable bonds is 8. The van der Waals surface area contributed by atoms with Gasteiger partial charge in [-0.25, -0.2) is 0 Å². The molecule has 0 saturated carbocycles. The van der Waals surface area contributed by atoms with Crippen molar-refractivity contribution in [3.05, 3.63) is 29.8 Å². The van der Waals surface area contributed by atoms with E-state index in [0.29, 0.717) is 6.61 Å². The molecule has 0 heterocycles. The normalized spacial score (nSPS) is 13.8. The molecule has 1 aromatic carbocycles. The van der Waals surface area contributed by atoms with E-state index in [1.54, 1.807) is 6.92 Å². The Morgan fingerprint density at radius 1 is 1.37 bits per heavy atom. The van der Waals surface area contributed by atoms with Crippen molar-refractivity contribution in [1.29, 1.82) is 0 Å². The van der Waals surface area contributed by atoms with Gasteiger partial charge in [0.15, 0.2) is 0 Å². The fourth-order valence-corrected chi connectivity index (χ4v) is 1.92. The van der Waals surface area contributed by atoms with Crippen LogP contribution in [0.25, 0.3) is 0 Å². The molecule has 106 valence electrons. The van der Waals surface area contributed by atoms with Crippen molar-refractivity contribution >= 4 is 5.91 Å². The van der Waals surface area contributed by atoms with Crippen molar-refractivity contribution in [3.63, 3.8) is 0 Å². The second-order valence-electron chi connectivity index (χ2n) is 4.67. The molecule has 2 unspecified atom stereocenters. The summed E-state index contributed by atoms with van der Waals surface area (Å²) in [6.07, 6.45) is 0.986. The molecule has 0 radical (unpaired) electrons. The van der Waals surface area contributed by atoms with Crippen LogP contribution in [0.2, 0.25) is 0 Å². The number of amides is 1. The van der Waals surface area contributed by atoms with Gasteiger partial charge in [-0.1, -0.05) is 39.0 Å². The number of nitrogens with one attached hydrogen (secondary N) is 1. The molecule has 1 rings (SSSR count). The molecule has 0 aliphatic heterocycles. The Morgan fingerprint density at radius 3 is 2.63 bits per heavy atom. The number of primary amides is 1. The lowest BCUT2D eigenvalue weighted by molar-refractivity contribution is -0.122. The second-order valence-corrected chi connectivity index (χ2v) is 4.67. The van der Waals surface area contributed by atoms with Gasteiger partial charge in [-0.15, -0.1) is 0 Å². The smallest absolute Gasteiger partial charge is 0.223 e. The van der Waals surface area contributed by atoms with Crippen LogP contribution in [0.5, 0.6) is 5.75 Å². The van der Waals surface area contributed by atoms with Crippen LogP contribution in [0.1, 0.15) is 38.8 Å². The number of hydrogen-bond acceptors (Lipinski definition) is 3. The summed E-state index contributed by atoms with van der Waals surface area (Å²) in [6, 6.07) is 8.20. The minimum Gasteiger partial charge on any atom is -0.492 e. The minimum absolute atomic E-state index is 0.269. The molecule has 0 aliphatic rings. The second kappa shape index (κ2) is 7.79. The first kappa shape index (κ1) is 15.5. The number of benzene rings is 1. The Kier molecular flexibility index (Phi) is 6.36. The van der Waals surface area contributed by atoms with Gasteiger partial charge in [0.1, 0.15) is 5.75 Å². The lowest BCUT2D eigenvalue weighted by Crippen LogP contribution is -2.26. The molecule has 1 amide bonds. The van der Waals surface area contributed by atoms with Crippen LogP contribution < -0.4 is 15.8 Å². The van der Waals surface area contributed by atoms with Crippen LogP contribution in [0.4, 0.5) is 0 Å². The van der Waals surface area contributed by atoms with Crippen molar-refractivity contribution in [2.24, 2.45) is 11.7 Å². The van der Waals surface area contributed by atoms with Crippen molar-refractivity contribution in [3.8, 4) is 5.75 Å². The highest BCUT2D eigenvalue weighted by molar-refractivity contribution is 5.76. The van der Waals surface area contributed by atoms with E-state index in [2.05, 4.69) is 25.2 Å². The topological polar surface area (TPSA) is 64.3 Å². The van der Waals surface area contributed by atoms with E-state index in [-0.39, 0.29) is 17.9 Å². The van der Waals surface area contributed by atoms with E-state index in [9.17, 15) is 4.79 Å². The van der Waals surface area contributed by atoms with E-state index in [4.69, 9.17) is 10.5 Å². The average molecular weight is 264 g/mol. The lowest BCUT2D eigenvalue weighted by Gasteiger charge is -2.20. The summed E-state index contributed by atoms with van der Waals surface area (Å²) in [4.78, 5) is 11.0. The summed E-state index contributed by atoms with van der Waals surface area (Å²) in [5.74, 6) is 0.201. The van der Waals surface area contributed by atoms with E-state index in [1.807, 2.05) is 18.2 Å². The monoisotopic (exact) mass is 264 g/mol. The standard InChI is InChI=1S/C15H24N2O2/c1-4-13(17-5-2)12-8-6-7-9-14(12)19-10-11(3)15(16)18/h6-9,11,13,17H,4-5,10H2,1-3H3,(H2,16,18). The van der Waals surface area contributed by atoms with Gasteiger partial charge in [0.05, 0.1) is 12.5 Å². The number of carbonyl (C=O) groups excluding carboxylic acids is 1. The third-order valence-corrected chi connectivity index (χ3v) is 3.13. The minimum atomic E-state index is -0.337. The Bertz CT molecular complexity index is 407. The molecule has 1 aromatic rings. The maximum atomic E-state index is 11.0. The Hall–Kier alpha value is -1.55. The molecule has 4 nitrogen and oxygen atoms in total. The van der Waals surface area contributed by atoms with E-state index in [1.165, 1.54) is 0 Å². The summed E-state index contributed by atoms with van der Waals surface area (Å²) in [5, 5.41) is 3.43. The summed E-state index contributed by atoms with van der Waals surface area (Å²) in [7, 11) is 0. The van der Waals surface area contributed by atoms with Gasteiger partial charge in [-0.2, -0.15) is 0 Å². The average Bonchev–Trinajstić information content (AvgIpc) is 2.42. The van der Waals surface area contributed by atoms with Crippen LogP contribution in [0.15, 0.2) is 24.3 Å². The SMILES string of the molecule is CCNC(CC)c1ccccc1OCC(C)C(N)=O. The van der Waals surface area contributed by atoms with Gasteiger partial charge in [-0.05, 0) is 19.0 Å². The van der Waals surface area contributed by atoms with Gasteiger partial charge in [0.25, 0.3) is 0 Å².